The standard InChI is InChI=1S/C15H19ClO5S2/c1-3-10-8-12(15(22(18)19)6-4-5-7-15)13(23(2,20)21)9-11(10)14(16)17/h8-9H,3-7H2,1-2H3,(H,18,19). The summed E-state index contributed by atoms with van der Waals surface area (Å²) in [4.78, 5) is 11.5. The van der Waals surface area contributed by atoms with Gasteiger partial charge in [-0.05, 0) is 48.1 Å². The van der Waals surface area contributed by atoms with E-state index in [0.29, 0.717) is 30.4 Å². The van der Waals surface area contributed by atoms with Crippen LogP contribution in [0.25, 0.3) is 0 Å². The first-order valence-electron chi connectivity index (χ1n) is 7.31. The molecule has 1 aromatic carbocycles. The van der Waals surface area contributed by atoms with Gasteiger partial charge in [0.1, 0.15) is 0 Å². The molecule has 0 amide bonds. The topological polar surface area (TPSA) is 88.5 Å². The zero-order valence-corrected chi connectivity index (χ0v) is 15.4. The van der Waals surface area contributed by atoms with E-state index >= 15 is 0 Å². The zero-order valence-electron chi connectivity index (χ0n) is 13.0. The predicted molar refractivity (Wildman–Crippen MR) is 90.0 cm³/mol. The molecule has 1 aromatic rings. The van der Waals surface area contributed by atoms with Crippen molar-refractivity contribution >= 4 is 37.8 Å². The first-order valence-corrected chi connectivity index (χ1v) is 10.7. The molecular weight excluding hydrogens is 360 g/mol. The minimum Gasteiger partial charge on any atom is -0.305 e. The molecule has 1 aliphatic carbocycles. The average Bonchev–Trinajstić information content (AvgIpc) is 2.95. The van der Waals surface area contributed by atoms with Crippen LogP contribution < -0.4 is 0 Å². The van der Waals surface area contributed by atoms with Crippen LogP contribution in [-0.4, -0.2) is 28.7 Å². The Morgan fingerprint density at radius 1 is 1.35 bits per heavy atom. The summed E-state index contributed by atoms with van der Waals surface area (Å²) in [5, 5.41) is -0.733. The first kappa shape index (κ1) is 18.6. The third kappa shape index (κ3) is 3.38. The van der Waals surface area contributed by atoms with Crippen molar-refractivity contribution in [1.29, 1.82) is 0 Å². The van der Waals surface area contributed by atoms with Crippen LogP contribution in [0.1, 0.15) is 54.1 Å². The Kier molecular flexibility index (Phi) is 5.35. The number of rotatable bonds is 5. The molecule has 8 heteroatoms. The van der Waals surface area contributed by atoms with Gasteiger partial charge in [0.25, 0.3) is 5.24 Å². The van der Waals surface area contributed by atoms with Crippen molar-refractivity contribution in [3.8, 4) is 0 Å². The zero-order chi connectivity index (χ0) is 17.4. The monoisotopic (exact) mass is 378 g/mol. The summed E-state index contributed by atoms with van der Waals surface area (Å²) < 4.78 is 45.2. The Balaban J connectivity index is 2.86. The molecule has 0 heterocycles. The van der Waals surface area contributed by atoms with Crippen LogP contribution in [0.15, 0.2) is 17.0 Å². The molecule has 0 spiro atoms. The Morgan fingerprint density at radius 3 is 2.30 bits per heavy atom. The molecule has 2 rings (SSSR count). The lowest BCUT2D eigenvalue weighted by Gasteiger charge is -2.28. The number of hydrogen-bond donors (Lipinski definition) is 1. The van der Waals surface area contributed by atoms with Crippen molar-refractivity contribution in [1.82, 2.24) is 0 Å². The molecular formula is C15H19ClO5S2. The second kappa shape index (κ2) is 6.63. The molecule has 0 saturated heterocycles. The Bertz CT molecular complexity index is 764. The molecule has 0 bridgehead atoms. The van der Waals surface area contributed by atoms with Crippen LogP contribution in [-0.2, 0) is 32.1 Å². The molecule has 1 atom stereocenters. The van der Waals surface area contributed by atoms with Gasteiger partial charge in [0, 0.05) is 11.8 Å². The fourth-order valence-corrected chi connectivity index (χ4v) is 5.47. The number of halogens is 1. The van der Waals surface area contributed by atoms with E-state index in [4.69, 9.17) is 11.6 Å². The highest BCUT2D eigenvalue weighted by Gasteiger charge is 2.44. The van der Waals surface area contributed by atoms with E-state index in [1.54, 1.807) is 6.07 Å². The van der Waals surface area contributed by atoms with Gasteiger partial charge in [-0.1, -0.05) is 25.8 Å². The molecule has 1 aliphatic rings. The van der Waals surface area contributed by atoms with Gasteiger partial charge < -0.3 is 4.55 Å². The maximum Gasteiger partial charge on any atom is 0.252 e. The summed E-state index contributed by atoms with van der Waals surface area (Å²) in [6.07, 6.45) is 3.90. The van der Waals surface area contributed by atoms with Gasteiger partial charge in [0.2, 0.25) is 0 Å². The average molecular weight is 379 g/mol. The van der Waals surface area contributed by atoms with Gasteiger partial charge in [-0.25, -0.2) is 12.6 Å². The molecule has 1 fully saturated rings. The van der Waals surface area contributed by atoms with Gasteiger partial charge in [-0.3, -0.25) is 4.79 Å². The molecule has 1 N–H and O–H groups in total. The van der Waals surface area contributed by atoms with Gasteiger partial charge in [-0.2, -0.15) is 0 Å². The van der Waals surface area contributed by atoms with Crippen LogP contribution in [0.2, 0.25) is 0 Å². The normalized spacial score (nSPS) is 18.8. The summed E-state index contributed by atoms with van der Waals surface area (Å²) in [6, 6.07) is 2.83. The minimum absolute atomic E-state index is 0.0806. The van der Waals surface area contributed by atoms with Crippen molar-refractivity contribution in [3.05, 3.63) is 28.8 Å². The van der Waals surface area contributed by atoms with Crippen LogP contribution in [0.5, 0.6) is 0 Å². The molecule has 0 radical (unpaired) electrons. The lowest BCUT2D eigenvalue weighted by molar-refractivity contribution is 0.108. The molecule has 0 aliphatic heterocycles. The van der Waals surface area contributed by atoms with E-state index in [0.717, 1.165) is 19.1 Å². The third-order valence-electron chi connectivity index (χ3n) is 4.43. The van der Waals surface area contributed by atoms with Gasteiger partial charge >= 0.3 is 0 Å². The largest absolute Gasteiger partial charge is 0.305 e. The van der Waals surface area contributed by atoms with Crippen molar-refractivity contribution < 1.29 is 22.0 Å². The number of carbonyl (C=O) groups is 1. The minimum atomic E-state index is -3.68. The second-order valence-corrected chi connectivity index (χ2v) is 9.46. The summed E-state index contributed by atoms with van der Waals surface area (Å²) in [5.41, 5.74) is 1.05. The number of hydrogen-bond acceptors (Lipinski definition) is 4. The lowest BCUT2D eigenvalue weighted by Crippen LogP contribution is -2.30. The van der Waals surface area contributed by atoms with Crippen LogP contribution in [0, 0.1) is 0 Å². The third-order valence-corrected chi connectivity index (χ3v) is 7.07. The highest BCUT2D eigenvalue weighted by atomic mass is 35.5. The summed E-state index contributed by atoms with van der Waals surface area (Å²) >= 11 is 3.37. The second-order valence-electron chi connectivity index (χ2n) is 5.86. The Hall–Kier alpha value is -0.760. The highest BCUT2D eigenvalue weighted by Crippen LogP contribution is 2.46. The highest BCUT2D eigenvalue weighted by molar-refractivity contribution is 7.90. The van der Waals surface area contributed by atoms with Crippen LogP contribution in [0.4, 0.5) is 0 Å². The van der Waals surface area contributed by atoms with Crippen molar-refractivity contribution in [2.75, 3.05) is 6.26 Å². The number of sulfone groups is 1. The molecule has 1 saturated carbocycles. The molecule has 5 nitrogen and oxygen atoms in total. The number of carbonyl (C=O) groups excluding carboxylic acids is 1. The van der Waals surface area contributed by atoms with Gasteiger partial charge in [0.05, 0.1) is 9.64 Å². The fraction of sp³-hybridized carbons (Fsp3) is 0.533. The molecule has 0 aromatic heterocycles. The van der Waals surface area contributed by atoms with Crippen molar-refractivity contribution in [2.45, 2.75) is 48.7 Å². The van der Waals surface area contributed by atoms with Crippen molar-refractivity contribution in [3.63, 3.8) is 0 Å². The summed E-state index contributed by atoms with van der Waals surface area (Å²) in [6.45, 7) is 1.82. The first-order chi connectivity index (χ1) is 10.6. The van der Waals surface area contributed by atoms with E-state index in [9.17, 15) is 22.0 Å². The quantitative estimate of drug-likeness (QED) is 0.628. The Labute approximate surface area is 143 Å². The molecule has 23 heavy (non-hydrogen) atoms. The smallest absolute Gasteiger partial charge is 0.252 e. The maximum atomic E-state index is 12.2. The van der Waals surface area contributed by atoms with Gasteiger partial charge in [-0.15, -0.1) is 0 Å². The summed E-state index contributed by atoms with van der Waals surface area (Å²) in [7, 11) is -3.68. The Morgan fingerprint density at radius 2 is 1.91 bits per heavy atom. The molecule has 1 unspecified atom stereocenters. The van der Waals surface area contributed by atoms with Crippen LogP contribution in [0.3, 0.4) is 0 Å². The van der Waals surface area contributed by atoms with E-state index in [1.807, 2.05) is 6.92 Å². The van der Waals surface area contributed by atoms with E-state index in [2.05, 4.69) is 0 Å². The maximum absolute atomic E-state index is 12.2. The SMILES string of the molecule is CCc1cc(C2(S(=O)O)CCCC2)c(S(C)(=O)=O)cc1C(=O)Cl. The van der Waals surface area contributed by atoms with Crippen molar-refractivity contribution in [2.24, 2.45) is 0 Å². The van der Waals surface area contributed by atoms with E-state index < -0.39 is 30.9 Å². The predicted octanol–water partition coefficient (Wildman–Crippen LogP) is 3.02. The van der Waals surface area contributed by atoms with E-state index in [-0.39, 0.29) is 10.5 Å². The fourth-order valence-electron chi connectivity index (χ4n) is 3.25. The van der Waals surface area contributed by atoms with E-state index in [1.165, 1.54) is 6.07 Å². The summed E-state index contributed by atoms with van der Waals surface area (Å²) in [5.74, 6) is 0. The number of benzene rings is 1. The van der Waals surface area contributed by atoms with Gasteiger partial charge in [0.15, 0.2) is 20.9 Å². The van der Waals surface area contributed by atoms with Crippen LogP contribution >= 0.6 is 11.6 Å². The lowest BCUT2D eigenvalue weighted by atomic mass is 9.92. The molecule has 128 valence electrons. The number of aryl methyl sites for hydroxylation is 1.